The zero-order valence-corrected chi connectivity index (χ0v) is 10.7. The van der Waals surface area contributed by atoms with E-state index in [4.69, 9.17) is 0 Å². The maximum absolute atomic E-state index is 3.50. The Labute approximate surface area is 97.7 Å². The molecule has 84 valence electrons. The van der Waals surface area contributed by atoms with Crippen LogP contribution in [0.1, 0.15) is 25.8 Å². The Morgan fingerprint density at radius 1 is 1.33 bits per heavy atom. The second kappa shape index (κ2) is 6.91. The van der Waals surface area contributed by atoms with Gasteiger partial charge >= 0.3 is 0 Å². The minimum atomic E-state index is 0.592. The van der Waals surface area contributed by atoms with Gasteiger partial charge in [-0.2, -0.15) is 0 Å². The summed E-state index contributed by atoms with van der Waals surface area (Å²) in [7, 11) is 0. The molecule has 1 unspecified atom stereocenters. The van der Waals surface area contributed by atoms with Gasteiger partial charge in [0, 0.05) is 16.7 Å². The van der Waals surface area contributed by atoms with Crippen LogP contribution in [0.2, 0.25) is 0 Å². The van der Waals surface area contributed by atoms with E-state index in [2.05, 4.69) is 50.4 Å². The van der Waals surface area contributed by atoms with E-state index >= 15 is 0 Å². The van der Waals surface area contributed by atoms with Crippen molar-refractivity contribution < 1.29 is 0 Å². The Morgan fingerprint density at radius 3 is 2.73 bits per heavy atom. The molecule has 0 spiro atoms. The van der Waals surface area contributed by atoms with E-state index in [0.717, 1.165) is 12.3 Å². The van der Waals surface area contributed by atoms with Crippen molar-refractivity contribution >= 4 is 11.8 Å². The summed E-state index contributed by atoms with van der Waals surface area (Å²) in [5.41, 5.74) is 1.38. The molecule has 15 heavy (non-hydrogen) atoms. The summed E-state index contributed by atoms with van der Waals surface area (Å²) in [5, 5.41) is 3.50. The monoisotopic (exact) mass is 223 g/mol. The molecule has 0 radical (unpaired) electrons. The topological polar surface area (TPSA) is 12.0 Å². The van der Waals surface area contributed by atoms with Crippen molar-refractivity contribution in [2.45, 2.75) is 38.1 Å². The molecule has 0 aliphatic carbocycles. The quantitative estimate of drug-likeness (QED) is 0.741. The SMILES string of the molecule is CCCNC(C)CSc1ccccc1C. The third-order valence-electron chi connectivity index (χ3n) is 2.33. The molecule has 0 saturated carbocycles. The number of thioether (sulfide) groups is 1. The lowest BCUT2D eigenvalue weighted by Crippen LogP contribution is -2.28. The van der Waals surface area contributed by atoms with Gasteiger partial charge in [-0.05, 0) is 38.4 Å². The number of hydrogen-bond acceptors (Lipinski definition) is 2. The predicted octanol–water partition coefficient (Wildman–Crippen LogP) is 3.48. The average molecular weight is 223 g/mol. The molecule has 0 bridgehead atoms. The molecule has 0 saturated heterocycles. The van der Waals surface area contributed by atoms with Crippen molar-refractivity contribution in [1.82, 2.24) is 5.32 Å². The molecule has 0 aromatic heterocycles. The van der Waals surface area contributed by atoms with Crippen LogP contribution in [0.3, 0.4) is 0 Å². The number of aryl methyl sites for hydroxylation is 1. The first-order chi connectivity index (χ1) is 7.24. The average Bonchev–Trinajstić information content (AvgIpc) is 2.25. The van der Waals surface area contributed by atoms with Crippen LogP contribution in [0.25, 0.3) is 0 Å². The lowest BCUT2D eigenvalue weighted by Gasteiger charge is -2.13. The largest absolute Gasteiger partial charge is 0.313 e. The molecule has 0 heterocycles. The molecular formula is C13H21NS. The van der Waals surface area contributed by atoms with Crippen molar-refractivity contribution in [2.75, 3.05) is 12.3 Å². The Morgan fingerprint density at radius 2 is 2.07 bits per heavy atom. The normalized spacial score (nSPS) is 12.7. The van der Waals surface area contributed by atoms with Gasteiger partial charge in [0.15, 0.2) is 0 Å². The molecule has 0 aliphatic rings. The van der Waals surface area contributed by atoms with Crippen LogP contribution in [0.4, 0.5) is 0 Å². The van der Waals surface area contributed by atoms with E-state index in [-0.39, 0.29) is 0 Å². The third-order valence-corrected chi connectivity index (χ3v) is 3.76. The fourth-order valence-corrected chi connectivity index (χ4v) is 2.40. The highest BCUT2D eigenvalue weighted by atomic mass is 32.2. The van der Waals surface area contributed by atoms with Crippen LogP contribution >= 0.6 is 11.8 Å². The van der Waals surface area contributed by atoms with Gasteiger partial charge in [-0.1, -0.05) is 25.1 Å². The van der Waals surface area contributed by atoms with Gasteiger partial charge in [0.05, 0.1) is 0 Å². The lowest BCUT2D eigenvalue weighted by atomic mass is 10.2. The third kappa shape index (κ3) is 4.72. The lowest BCUT2D eigenvalue weighted by molar-refractivity contribution is 0.590. The van der Waals surface area contributed by atoms with Gasteiger partial charge in [-0.25, -0.2) is 0 Å². The summed E-state index contributed by atoms with van der Waals surface area (Å²) >= 11 is 1.94. The van der Waals surface area contributed by atoms with E-state index in [1.54, 1.807) is 0 Å². The molecule has 1 N–H and O–H groups in total. The maximum Gasteiger partial charge on any atom is 0.0133 e. The molecule has 1 atom stereocenters. The number of hydrogen-bond donors (Lipinski definition) is 1. The standard InChI is InChI=1S/C13H21NS/c1-4-9-14-12(3)10-15-13-8-6-5-7-11(13)2/h5-8,12,14H,4,9-10H2,1-3H3. The number of rotatable bonds is 6. The van der Waals surface area contributed by atoms with E-state index in [9.17, 15) is 0 Å². The van der Waals surface area contributed by atoms with Gasteiger partial charge in [-0.15, -0.1) is 11.8 Å². The summed E-state index contributed by atoms with van der Waals surface area (Å²) in [6.45, 7) is 7.75. The van der Waals surface area contributed by atoms with E-state index < -0.39 is 0 Å². The summed E-state index contributed by atoms with van der Waals surface area (Å²) in [5.74, 6) is 1.14. The Kier molecular flexibility index (Phi) is 5.81. The van der Waals surface area contributed by atoms with Gasteiger partial charge in [-0.3, -0.25) is 0 Å². The van der Waals surface area contributed by atoms with Crippen LogP contribution in [0.15, 0.2) is 29.2 Å². The van der Waals surface area contributed by atoms with Crippen LogP contribution in [-0.4, -0.2) is 18.3 Å². The minimum absolute atomic E-state index is 0.592. The summed E-state index contributed by atoms with van der Waals surface area (Å²) in [4.78, 5) is 1.41. The molecule has 2 heteroatoms. The first kappa shape index (κ1) is 12.6. The Balaban J connectivity index is 2.33. The Hall–Kier alpha value is -0.470. The fraction of sp³-hybridized carbons (Fsp3) is 0.538. The smallest absolute Gasteiger partial charge is 0.0133 e. The number of nitrogens with one attached hydrogen (secondary N) is 1. The molecule has 1 nitrogen and oxygen atoms in total. The molecule has 0 amide bonds. The van der Waals surface area contributed by atoms with E-state index in [0.29, 0.717) is 6.04 Å². The predicted molar refractivity (Wildman–Crippen MR) is 69.7 cm³/mol. The maximum atomic E-state index is 3.50. The van der Waals surface area contributed by atoms with Crippen LogP contribution in [0.5, 0.6) is 0 Å². The zero-order valence-electron chi connectivity index (χ0n) is 9.92. The summed E-state index contributed by atoms with van der Waals surface area (Å²) in [6, 6.07) is 9.17. The summed E-state index contributed by atoms with van der Waals surface area (Å²) in [6.07, 6.45) is 1.21. The Bertz CT molecular complexity index is 286. The van der Waals surface area contributed by atoms with Gasteiger partial charge in [0.25, 0.3) is 0 Å². The van der Waals surface area contributed by atoms with E-state index in [1.165, 1.54) is 16.9 Å². The molecular weight excluding hydrogens is 202 g/mol. The molecule has 1 aromatic rings. The molecule has 0 aliphatic heterocycles. The first-order valence-electron chi connectivity index (χ1n) is 5.66. The highest BCUT2D eigenvalue weighted by Gasteiger charge is 2.02. The highest BCUT2D eigenvalue weighted by Crippen LogP contribution is 2.22. The van der Waals surface area contributed by atoms with Gasteiger partial charge in [0.2, 0.25) is 0 Å². The molecule has 1 rings (SSSR count). The number of benzene rings is 1. The van der Waals surface area contributed by atoms with Gasteiger partial charge < -0.3 is 5.32 Å². The van der Waals surface area contributed by atoms with Crippen LogP contribution < -0.4 is 5.32 Å². The van der Waals surface area contributed by atoms with Crippen molar-refractivity contribution in [3.8, 4) is 0 Å². The first-order valence-corrected chi connectivity index (χ1v) is 6.64. The highest BCUT2D eigenvalue weighted by molar-refractivity contribution is 7.99. The second-order valence-corrected chi connectivity index (χ2v) is 4.99. The van der Waals surface area contributed by atoms with Crippen LogP contribution in [0, 0.1) is 6.92 Å². The van der Waals surface area contributed by atoms with Gasteiger partial charge in [0.1, 0.15) is 0 Å². The van der Waals surface area contributed by atoms with Crippen molar-refractivity contribution in [1.29, 1.82) is 0 Å². The van der Waals surface area contributed by atoms with Crippen molar-refractivity contribution in [3.05, 3.63) is 29.8 Å². The van der Waals surface area contributed by atoms with E-state index in [1.807, 2.05) is 11.8 Å². The van der Waals surface area contributed by atoms with Crippen LogP contribution in [-0.2, 0) is 0 Å². The zero-order chi connectivity index (χ0) is 11.1. The minimum Gasteiger partial charge on any atom is -0.313 e. The van der Waals surface area contributed by atoms with Crippen molar-refractivity contribution in [2.24, 2.45) is 0 Å². The fourth-order valence-electron chi connectivity index (χ4n) is 1.38. The van der Waals surface area contributed by atoms with Crippen molar-refractivity contribution in [3.63, 3.8) is 0 Å². The molecule has 0 fully saturated rings. The molecule has 1 aromatic carbocycles. The summed E-state index contributed by atoms with van der Waals surface area (Å²) < 4.78 is 0. The second-order valence-electron chi connectivity index (χ2n) is 3.93.